The average Bonchev–Trinajstić information content (AvgIpc) is 3.32. The van der Waals surface area contributed by atoms with Crippen LogP contribution in [0.4, 0.5) is 0 Å². The molecule has 0 radical (unpaired) electrons. The Hall–Kier alpha value is -1.21. The second-order valence-corrected chi connectivity index (χ2v) is 20.7. The van der Waals surface area contributed by atoms with Crippen molar-refractivity contribution in [2.75, 3.05) is 6.61 Å². The van der Waals surface area contributed by atoms with Crippen LogP contribution in [0.2, 0.25) is 0 Å². The van der Waals surface area contributed by atoms with Gasteiger partial charge in [-0.25, -0.2) is 0 Å². The van der Waals surface area contributed by atoms with Gasteiger partial charge in [0.1, 0.15) is 12.2 Å². The van der Waals surface area contributed by atoms with E-state index in [9.17, 15) is 25.2 Å². The van der Waals surface area contributed by atoms with Crippen molar-refractivity contribution >= 4 is 5.91 Å². The van der Waals surface area contributed by atoms with Gasteiger partial charge in [0.15, 0.2) is 0 Å². The summed E-state index contributed by atoms with van der Waals surface area (Å²) in [5.74, 6) is -0.590. The number of aliphatic hydroxyl groups is 4. The Morgan fingerprint density at radius 2 is 0.621 bits per heavy atom. The number of allylic oxidation sites excluding steroid dienone is 4. The predicted octanol–water partition coefficient (Wildman–Crippen LogP) is 17.4. The third-order valence-corrected chi connectivity index (χ3v) is 14.1. The van der Waals surface area contributed by atoms with E-state index in [-0.39, 0.29) is 0 Å². The highest BCUT2D eigenvalue weighted by molar-refractivity contribution is 5.80. The predicted molar refractivity (Wildman–Crippen MR) is 288 cm³/mol. The zero-order valence-corrected chi connectivity index (χ0v) is 44.5. The Morgan fingerprint density at radius 3 is 0.909 bits per heavy atom. The molecule has 0 fully saturated rings. The molecule has 1 amide bonds. The monoisotopic (exact) mass is 932 g/mol. The number of carbonyl (C=O) groups is 1. The molecule has 0 aliphatic heterocycles. The number of hydrogen-bond acceptors (Lipinski definition) is 5. The molecule has 0 saturated heterocycles. The molecule has 66 heavy (non-hydrogen) atoms. The normalized spacial score (nSPS) is 13.8. The highest BCUT2D eigenvalue weighted by Gasteiger charge is 2.28. The van der Waals surface area contributed by atoms with Crippen LogP contribution < -0.4 is 5.32 Å². The van der Waals surface area contributed by atoms with Gasteiger partial charge >= 0.3 is 0 Å². The lowest BCUT2D eigenvalue weighted by Gasteiger charge is -2.27. The zero-order valence-electron chi connectivity index (χ0n) is 44.5. The van der Waals surface area contributed by atoms with Gasteiger partial charge in [0, 0.05) is 0 Å². The second-order valence-electron chi connectivity index (χ2n) is 20.7. The fraction of sp³-hybridized carbons (Fsp3) is 0.917. The maximum atomic E-state index is 12.6. The lowest BCUT2D eigenvalue weighted by atomic mass is 10.00. The van der Waals surface area contributed by atoms with Crippen LogP contribution in [0.3, 0.4) is 0 Å². The van der Waals surface area contributed by atoms with Gasteiger partial charge in [0.25, 0.3) is 0 Å². The van der Waals surface area contributed by atoms with Gasteiger partial charge in [-0.1, -0.05) is 282 Å². The van der Waals surface area contributed by atoms with E-state index in [2.05, 4.69) is 43.5 Å². The lowest BCUT2D eigenvalue weighted by molar-refractivity contribution is -0.132. The van der Waals surface area contributed by atoms with Crippen molar-refractivity contribution < 1.29 is 25.2 Å². The molecule has 0 spiro atoms. The van der Waals surface area contributed by atoms with Crippen molar-refractivity contribution in [1.82, 2.24) is 5.32 Å². The van der Waals surface area contributed by atoms with Gasteiger partial charge in [0.05, 0.1) is 18.8 Å². The number of nitrogens with one attached hydrogen (secondary N) is 1. The van der Waals surface area contributed by atoms with Crippen LogP contribution in [0, 0.1) is 0 Å². The van der Waals surface area contributed by atoms with E-state index in [0.717, 1.165) is 38.5 Å². The first kappa shape index (κ1) is 64.8. The second kappa shape index (κ2) is 54.7. The Morgan fingerprint density at radius 1 is 0.364 bits per heavy atom. The standard InChI is InChI=1S/C60H117NO5/c1-3-5-7-9-11-13-15-17-19-21-23-25-27-29-31-33-35-37-39-41-43-45-47-49-51-53-57(63)59(65)56(55-62)61-60(66)58(64)54-52-50-48-46-44-42-40-38-36-34-32-30-28-26-24-22-20-18-16-14-12-10-8-6-4-2/h30,32,45,47,56-59,62-65H,3-29,31,33-44,46,48-55H2,1-2H3,(H,61,66)/b32-30-,47-45+. The average molecular weight is 933 g/mol. The molecule has 0 rings (SSSR count). The molecule has 0 aliphatic carbocycles. The molecule has 0 aliphatic rings. The van der Waals surface area contributed by atoms with Crippen LogP contribution in [-0.4, -0.2) is 57.3 Å². The van der Waals surface area contributed by atoms with E-state index in [1.165, 1.54) is 257 Å². The summed E-state index contributed by atoms with van der Waals surface area (Å²) in [4.78, 5) is 12.6. The number of amides is 1. The van der Waals surface area contributed by atoms with Gasteiger partial charge in [-0.3, -0.25) is 4.79 Å². The number of unbranched alkanes of at least 4 members (excludes halogenated alkanes) is 42. The molecule has 6 heteroatoms. The molecule has 0 aromatic heterocycles. The van der Waals surface area contributed by atoms with Gasteiger partial charge in [-0.15, -0.1) is 0 Å². The largest absolute Gasteiger partial charge is 0.394 e. The number of aliphatic hydroxyl groups excluding tert-OH is 4. The first-order valence-electron chi connectivity index (χ1n) is 29.7. The van der Waals surface area contributed by atoms with Gasteiger partial charge < -0.3 is 25.7 Å². The topological polar surface area (TPSA) is 110 Å². The summed E-state index contributed by atoms with van der Waals surface area (Å²) < 4.78 is 0. The van der Waals surface area contributed by atoms with Crippen LogP contribution in [0.25, 0.3) is 0 Å². The smallest absolute Gasteiger partial charge is 0.249 e. The molecule has 5 N–H and O–H groups in total. The molecule has 392 valence electrons. The summed E-state index contributed by atoms with van der Waals surface area (Å²) in [5, 5.41) is 44.0. The molecule has 0 bridgehead atoms. The van der Waals surface area contributed by atoms with Crippen LogP contribution in [0.15, 0.2) is 24.3 Å². The van der Waals surface area contributed by atoms with E-state index in [1.807, 2.05) is 0 Å². The molecule has 0 heterocycles. The lowest BCUT2D eigenvalue weighted by Crippen LogP contribution is -2.53. The van der Waals surface area contributed by atoms with Crippen molar-refractivity contribution in [2.24, 2.45) is 0 Å². The minimum Gasteiger partial charge on any atom is -0.394 e. The summed E-state index contributed by atoms with van der Waals surface area (Å²) in [5.41, 5.74) is 0. The maximum absolute atomic E-state index is 12.6. The van der Waals surface area contributed by atoms with E-state index in [4.69, 9.17) is 0 Å². The quantitative estimate of drug-likeness (QED) is 0.0308. The summed E-state index contributed by atoms with van der Waals surface area (Å²) >= 11 is 0. The van der Waals surface area contributed by atoms with Crippen molar-refractivity contribution in [3.63, 3.8) is 0 Å². The SMILES string of the molecule is CCCCCCCCCCCCCC/C=C\CCCCCCCCCCCC(O)C(=O)NC(CO)C(O)C(O)CCC/C=C/CCCCCCCCCCCCCCCCCCCCCC. The minimum absolute atomic E-state index is 0.362. The van der Waals surface area contributed by atoms with Crippen LogP contribution >= 0.6 is 0 Å². The molecular formula is C60H117NO5. The number of rotatable bonds is 55. The highest BCUT2D eigenvalue weighted by atomic mass is 16.3. The van der Waals surface area contributed by atoms with Crippen molar-refractivity contribution in [1.29, 1.82) is 0 Å². The first-order valence-corrected chi connectivity index (χ1v) is 29.7. The molecule has 0 saturated carbocycles. The fourth-order valence-corrected chi connectivity index (χ4v) is 9.46. The molecule has 0 aromatic carbocycles. The van der Waals surface area contributed by atoms with Crippen molar-refractivity contribution in [3.8, 4) is 0 Å². The summed E-state index contributed by atoms with van der Waals surface area (Å²) in [7, 11) is 0. The van der Waals surface area contributed by atoms with Crippen LogP contribution in [0.1, 0.15) is 322 Å². The maximum Gasteiger partial charge on any atom is 0.249 e. The summed E-state index contributed by atoms with van der Waals surface area (Å²) in [6.07, 6.45) is 66.9. The van der Waals surface area contributed by atoms with Crippen molar-refractivity contribution in [3.05, 3.63) is 24.3 Å². The van der Waals surface area contributed by atoms with Crippen molar-refractivity contribution in [2.45, 2.75) is 346 Å². The third kappa shape index (κ3) is 47.8. The molecule has 6 nitrogen and oxygen atoms in total. The molecule has 4 atom stereocenters. The van der Waals surface area contributed by atoms with Crippen LogP contribution in [0.5, 0.6) is 0 Å². The minimum atomic E-state index is -1.28. The zero-order chi connectivity index (χ0) is 48.1. The molecule has 0 aromatic rings. The molecular weight excluding hydrogens is 815 g/mol. The molecule has 4 unspecified atom stereocenters. The number of hydrogen-bond donors (Lipinski definition) is 5. The highest BCUT2D eigenvalue weighted by Crippen LogP contribution is 2.18. The van der Waals surface area contributed by atoms with E-state index < -0.39 is 36.9 Å². The van der Waals surface area contributed by atoms with E-state index >= 15 is 0 Å². The van der Waals surface area contributed by atoms with E-state index in [0.29, 0.717) is 12.8 Å². The Balaban J connectivity index is 3.63. The van der Waals surface area contributed by atoms with Gasteiger partial charge in [-0.05, 0) is 64.2 Å². The first-order chi connectivity index (χ1) is 32.5. The fourth-order valence-electron chi connectivity index (χ4n) is 9.46. The Labute approximate surface area is 412 Å². The van der Waals surface area contributed by atoms with Gasteiger partial charge in [-0.2, -0.15) is 0 Å². The number of carbonyl (C=O) groups excluding carboxylic acids is 1. The Kier molecular flexibility index (Phi) is 53.7. The van der Waals surface area contributed by atoms with E-state index in [1.54, 1.807) is 0 Å². The van der Waals surface area contributed by atoms with Crippen LogP contribution in [-0.2, 0) is 4.79 Å². The summed E-state index contributed by atoms with van der Waals surface area (Å²) in [6, 6.07) is -1.00. The third-order valence-electron chi connectivity index (χ3n) is 14.1. The summed E-state index contributed by atoms with van der Waals surface area (Å²) in [6.45, 7) is 4.08. The Bertz CT molecular complexity index is 1000. The van der Waals surface area contributed by atoms with Gasteiger partial charge in [0.2, 0.25) is 5.91 Å².